The molecule has 152 valence electrons. The molecule has 1 amide bonds. The van der Waals surface area contributed by atoms with Crippen LogP contribution in [0, 0.1) is 0 Å². The Labute approximate surface area is 178 Å². The molecular formula is C23H23N5OS. The summed E-state index contributed by atoms with van der Waals surface area (Å²) in [6.45, 7) is 5.03. The van der Waals surface area contributed by atoms with Crippen LogP contribution in [0.1, 0.15) is 16.8 Å². The lowest BCUT2D eigenvalue weighted by Gasteiger charge is -2.14. The minimum atomic E-state index is -0.0972. The van der Waals surface area contributed by atoms with Crippen molar-refractivity contribution in [3.63, 3.8) is 0 Å². The number of hydrogen-bond acceptors (Lipinski definition) is 5. The van der Waals surface area contributed by atoms with E-state index >= 15 is 0 Å². The fourth-order valence-electron chi connectivity index (χ4n) is 3.40. The predicted octanol–water partition coefficient (Wildman–Crippen LogP) is 4.44. The van der Waals surface area contributed by atoms with E-state index in [9.17, 15) is 4.79 Å². The Balaban J connectivity index is 1.55. The van der Waals surface area contributed by atoms with Gasteiger partial charge in [-0.1, -0.05) is 24.8 Å². The van der Waals surface area contributed by atoms with Crippen molar-refractivity contribution in [3.05, 3.63) is 79.4 Å². The molecule has 0 aliphatic heterocycles. The summed E-state index contributed by atoms with van der Waals surface area (Å²) in [5.74, 6) is -0.0972. The van der Waals surface area contributed by atoms with E-state index in [1.54, 1.807) is 29.9 Å². The van der Waals surface area contributed by atoms with E-state index in [0.717, 1.165) is 34.3 Å². The van der Waals surface area contributed by atoms with E-state index in [1.165, 1.54) is 16.3 Å². The zero-order chi connectivity index (χ0) is 20.9. The molecule has 6 nitrogen and oxygen atoms in total. The van der Waals surface area contributed by atoms with Gasteiger partial charge in [0, 0.05) is 51.6 Å². The molecule has 0 saturated carbocycles. The molecule has 2 aromatic heterocycles. The number of thiophene rings is 1. The number of amides is 1. The molecule has 0 fully saturated rings. The van der Waals surface area contributed by atoms with Gasteiger partial charge in [-0.05, 0) is 42.3 Å². The van der Waals surface area contributed by atoms with Crippen molar-refractivity contribution in [1.29, 1.82) is 0 Å². The van der Waals surface area contributed by atoms with Gasteiger partial charge in [-0.15, -0.1) is 11.3 Å². The second-order valence-electron chi connectivity index (χ2n) is 6.88. The zero-order valence-corrected chi connectivity index (χ0v) is 17.3. The molecule has 0 aliphatic rings. The van der Waals surface area contributed by atoms with Crippen LogP contribution in [0.2, 0.25) is 0 Å². The number of rotatable bonds is 8. The van der Waals surface area contributed by atoms with Crippen molar-refractivity contribution in [2.24, 2.45) is 5.73 Å². The number of hydrogen-bond donors (Lipinski definition) is 3. The number of aromatic amines is 1. The average molecular weight is 418 g/mol. The van der Waals surface area contributed by atoms with Crippen LogP contribution in [-0.4, -0.2) is 34.1 Å². The van der Waals surface area contributed by atoms with Gasteiger partial charge in [0.1, 0.15) is 0 Å². The second-order valence-corrected chi connectivity index (χ2v) is 7.96. The van der Waals surface area contributed by atoms with E-state index in [1.807, 2.05) is 29.2 Å². The highest BCUT2D eigenvalue weighted by Gasteiger charge is 2.14. The molecule has 0 atom stereocenters. The van der Waals surface area contributed by atoms with Crippen molar-refractivity contribution in [2.45, 2.75) is 6.42 Å². The van der Waals surface area contributed by atoms with E-state index in [2.05, 4.69) is 40.3 Å². The number of H-pyrrole nitrogens is 1. The van der Waals surface area contributed by atoms with Gasteiger partial charge in [0.15, 0.2) is 0 Å². The highest BCUT2D eigenvalue weighted by Crippen LogP contribution is 2.37. The average Bonchev–Trinajstić information content (AvgIpc) is 3.41. The third kappa shape index (κ3) is 4.06. The van der Waals surface area contributed by atoms with Crippen LogP contribution in [-0.2, 0) is 0 Å². The van der Waals surface area contributed by atoms with Crippen LogP contribution in [0.5, 0.6) is 0 Å². The van der Waals surface area contributed by atoms with E-state index in [-0.39, 0.29) is 5.91 Å². The predicted molar refractivity (Wildman–Crippen MR) is 124 cm³/mol. The van der Waals surface area contributed by atoms with E-state index < -0.39 is 0 Å². The Morgan fingerprint density at radius 3 is 2.93 bits per heavy atom. The van der Waals surface area contributed by atoms with Gasteiger partial charge in [-0.3, -0.25) is 9.89 Å². The monoisotopic (exact) mass is 417 g/mol. The van der Waals surface area contributed by atoms with Gasteiger partial charge in [0.05, 0.1) is 11.7 Å². The van der Waals surface area contributed by atoms with Crippen molar-refractivity contribution in [2.75, 3.05) is 13.1 Å². The van der Waals surface area contributed by atoms with Crippen LogP contribution in [0.3, 0.4) is 0 Å². The SMILES string of the molecule is C=CN(/C=C\N)CCCNC(=O)c1cc(-c2cc3ccccc3s2)c2[nH]ncc2c1. The first kappa shape index (κ1) is 19.7. The molecule has 0 unspecified atom stereocenters. The van der Waals surface area contributed by atoms with Gasteiger partial charge in [-0.25, -0.2) is 0 Å². The molecule has 4 aromatic rings. The summed E-state index contributed by atoms with van der Waals surface area (Å²) in [5.41, 5.74) is 7.96. The fraction of sp³-hybridized carbons (Fsp3) is 0.130. The molecule has 0 radical (unpaired) electrons. The van der Waals surface area contributed by atoms with Crippen LogP contribution in [0.15, 0.2) is 73.8 Å². The molecule has 2 heterocycles. The molecule has 0 aliphatic carbocycles. The normalized spacial score (nSPS) is 11.3. The maximum Gasteiger partial charge on any atom is 0.251 e. The highest BCUT2D eigenvalue weighted by atomic mass is 32.1. The van der Waals surface area contributed by atoms with Crippen LogP contribution in [0.25, 0.3) is 31.4 Å². The quantitative estimate of drug-likeness (QED) is 0.370. The van der Waals surface area contributed by atoms with Gasteiger partial charge in [0.2, 0.25) is 0 Å². The molecule has 0 spiro atoms. The number of carbonyl (C=O) groups is 1. The molecule has 4 N–H and O–H groups in total. The maximum absolute atomic E-state index is 12.8. The molecule has 2 aromatic carbocycles. The first-order valence-corrected chi connectivity index (χ1v) is 10.5. The molecule has 7 heteroatoms. The van der Waals surface area contributed by atoms with Crippen molar-refractivity contribution in [3.8, 4) is 10.4 Å². The fourth-order valence-corrected chi connectivity index (χ4v) is 4.49. The summed E-state index contributed by atoms with van der Waals surface area (Å²) in [6.07, 6.45) is 7.45. The third-order valence-corrected chi connectivity index (χ3v) is 6.04. The second kappa shape index (κ2) is 8.84. The van der Waals surface area contributed by atoms with Gasteiger partial charge in [0.25, 0.3) is 5.91 Å². The number of aromatic nitrogens is 2. The standard InChI is InChI=1S/C23H23N5OS/c1-2-28(11-8-24)10-5-9-25-23(29)17-12-18-15-26-27-22(18)19(13-17)21-14-16-6-3-4-7-20(16)30-21/h2-4,6-8,11-15H,1,5,9-10,24H2,(H,25,29)(H,26,27)/b11-8-. The highest BCUT2D eigenvalue weighted by molar-refractivity contribution is 7.22. The maximum atomic E-state index is 12.8. The minimum Gasteiger partial charge on any atom is -0.403 e. The van der Waals surface area contributed by atoms with Crippen molar-refractivity contribution < 1.29 is 4.79 Å². The third-order valence-electron chi connectivity index (χ3n) is 4.89. The number of nitrogens with one attached hydrogen (secondary N) is 2. The summed E-state index contributed by atoms with van der Waals surface area (Å²) >= 11 is 1.71. The van der Waals surface area contributed by atoms with Gasteiger partial charge < -0.3 is 16.0 Å². The van der Waals surface area contributed by atoms with Gasteiger partial charge in [-0.2, -0.15) is 5.10 Å². The van der Waals surface area contributed by atoms with Crippen molar-refractivity contribution in [1.82, 2.24) is 20.4 Å². The Hall–Kier alpha value is -3.58. The lowest BCUT2D eigenvalue weighted by Crippen LogP contribution is -2.26. The van der Waals surface area contributed by atoms with Crippen molar-refractivity contribution >= 4 is 38.2 Å². The summed E-state index contributed by atoms with van der Waals surface area (Å²) in [4.78, 5) is 15.8. The van der Waals surface area contributed by atoms with Gasteiger partial charge >= 0.3 is 0 Å². The topological polar surface area (TPSA) is 87.0 Å². The van der Waals surface area contributed by atoms with Crippen LogP contribution < -0.4 is 11.1 Å². The zero-order valence-electron chi connectivity index (χ0n) is 16.5. The molecule has 4 rings (SSSR count). The Kier molecular flexibility index (Phi) is 5.81. The first-order chi connectivity index (χ1) is 14.7. The Bertz CT molecular complexity index is 1190. The lowest BCUT2D eigenvalue weighted by molar-refractivity contribution is 0.0953. The van der Waals surface area contributed by atoms with Crippen LogP contribution >= 0.6 is 11.3 Å². The first-order valence-electron chi connectivity index (χ1n) is 9.70. The number of nitrogens with two attached hydrogens (primary N) is 1. The van der Waals surface area contributed by atoms with E-state index in [0.29, 0.717) is 12.1 Å². The Morgan fingerprint density at radius 2 is 2.13 bits per heavy atom. The number of carbonyl (C=O) groups excluding carboxylic acids is 1. The Morgan fingerprint density at radius 1 is 1.27 bits per heavy atom. The number of nitrogens with zero attached hydrogens (tertiary/aromatic N) is 2. The molecule has 0 saturated heterocycles. The summed E-state index contributed by atoms with van der Waals surface area (Å²) < 4.78 is 1.22. The largest absolute Gasteiger partial charge is 0.403 e. The smallest absolute Gasteiger partial charge is 0.251 e. The number of fused-ring (bicyclic) bond motifs is 2. The number of benzene rings is 2. The molecular weight excluding hydrogens is 394 g/mol. The lowest BCUT2D eigenvalue weighted by atomic mass is 10.0. The summed E-state index contributed by atoms with van der Waals surface area (Å²) in [7, 11) is 0. The minimum absolute atomic E-state index is 0.0972. The summed E-state index contributed by atoms with van der Waals surface area (Å²) in [6, 6.07) is 14.2. The van der Waals surface area contributed by atoms with E-state index in [4.69, 9.17) is 5.73 Å². The molecule has 0 bridgehead atoms. The van der Waals surface area contributed by atoms with Crippen LogP contribution in [0.4, 0.5) is 0 Å². The molecule has 30 heavy (non-hydrogen) atoms. The summed E-state index contributed by atoms with van der Waals surface area (Å²) in [5, 5.41) is 12.4.